The third-order valence-corrected chi connectivity index (χ3v) is 6.13. The van der Waals surface area contributed by atoms with Crippen molar-refractivity contribution in [3.05, 3.63) is 65.5 Å². The Bertz CT molecular complexity index is 1350. The number of carbonyl (C=O) groups excluding carboxylic acids is 3. The van der Waals surface area contributed by atoms with Gasteiger partial charge in [0.1, 0.15) is 17.6 Å². The Hall–Kier alpha value is -3.86. The summed E-state index contributed by atoms with van der Waals surface area (Å²) in [6, 6.07) is 10.4. The Labute approximate surface area is 209 Å². The van der Waals surface area contributed by atoms with Gasteiger partial charge >= 0.3 is 6.18 Å². The predicted molar refractivity (Wildman–Crippen MR) is 124 cm³/mol. The van der Waals surface area contributed by atoms with Crippen molar-refractivity contribution in [2.24, 2.45) is 0 Å². The van der Waals surface area contributed by atoms with Gasteiger partial charge in [0.2, 0.25) is 11.8 Å². The third-order valence-electron chi connectivity index (χ3n) is 6.13. The number of piperidine rings is 1. The molecule has 36 heavy (non-hydrogen) atoms. The molecule has 2 aromatic carbocycles. The number of rotatable bonds is 4. The molecular formula is C24H20ClF3N4O4. The van der Waals surface area contributed by atoms with Gasteiger partial charge in [-0.2, -0.15) is 13.2 Å². The molecule has 1 saturated heterocycles. The lowest BCUT2D eigenvalue weighted by Crippen LogP contribution is -2.52. The first kappa shape index (κ1) is 25.2. The first-order chi connectivity index (χ1) is 16.7. The number of imidazole rings is 1. The molecule has 1 atom stereocenters. The molecule has 0 saturated carbocycles. The van der Waals surface area contributed by atoms with E-state index in [1.807, 2.05) is 0 Å². The normalized spacial score (nSPS) is 17.5. The molecule has 5 rings (SSSR count). The molecule has 3 aromatic rings. The van der Waals surface area contributed by atoms with Gasteiger partial charge in [-0.05, 0) is 48.4 Å². The molecule has 2 aliphatic heterocycles. The topological polar surface area (TPSA) is 93.5 Å². The summed E-state index contributed by atoms with van der Waals surface area (Å²) in [6.45, 7) is 0.101. The van der Waals surface area contributed by atoms with Crippen LogP contribution in [0.2, 0.25) is 0 Å². The highest BCUT2D eigenvalue weighted by molar-refractivity contribution is 6.05. The SMILES string of the molecule is COc1ccc(-n2cc(C(F)(F)F)nc2-c2ccc3c(c2)CN(C2CCC(=O)NC2=O)C3=O)cc1.Cl. The van der Waals surface area contributed by atoms with Crippen molar-refractivity contribution in [2.45, 2.75) is 31.6 Å². The summed E-state index contributed by atoms with van der Waals surface area (Å²) in [4.78, 5) is 41.9. The predicted octanol–water partition coefficient (Wildman–Crippen LogP) is 3.75. The Morgan fingerprint density at radius 1 is 1.08 bits per heavy atom. The average Bonchev–Trinajstić information content (AvgIpc) is 3.41. The molecule has 188 valence electrons. The number of carbonyl (C=O) groups is 3. The molecule has 3 amide bonds. The van der Waals surface area contributed by atoms with Gasteiger partial charge in [-0.15, -0.1) is 12.4 Å². The zero-order chi connectivity index (χ0) is 24.9. The second-order valence-corrected chi connectivity index (χ2v) is 8.29. The summed E-state index contributed by atoms with van der Waals surface area (Å²) in [7, 11) is 1.49. The fourth-order valence-corrected chi connectivity index (χ4v) is 4.37. The van der Waals surface area contributed by atoms with E-state index in [1.165, 1.54) is 28.7 Å². The molecule has 8 nitrogen and oxygen atoms in total. The van der Waals surface area contributed by atoms with E-state index in [0.717, 1.165) is 6.20 Å². The number of alkyl halides is 3. The fourth-order valence-electron chi connectivity index (χ4n) is 4.37. The highest BCUT2D eigenvalue weighted by atomic mass is 35.5. The smallest absolute Gasteiger partial charge is 0.434 e. The Balaban J connectivity index is 0.00000304. The summed E-state index contributed by atoms with van der Waals surface area (Å²) in [5.41, 5.74) is 0.704. The number of hydrogen-bond acceptors (Lipinski definition) is 5. The van der Waals surface area contributed by atoms with E-state index < -0.39 is 23.8 Å². The molecule has 0 bridgehead atoms. The molecule has 1 fully saturated rings. The Morgan fingerprint density at radius 2 is 1.81 bits per heavy atom. The molecule has 3 heterocycles. The lowest BCUT2D eigenvalue weighted by atomic mass is 10.0. The van der Waals surface area contributed by atoms with Crippen LogP contribution in [0.4, 0.5) is 13.2 Å². The first-order valence-electron chi connectivity index (χ1n) is 10.7. The van der Waals surface area contributed by atoms with Gasteiger partial charge in [0.25, 0.3) is 5.91 Å². The maximum absolute atomic E-state index is 13.5. The van der Waals surface area contributed by atoms with Gasteiger partial charge in [-0.1, -0.05) is 6.07 Å². The molecular weight excluding hydrogens is 501 g/mol. The standard InChI is InChI=1S/C24H19F3N4O4.ClH/c1-35-16-5-3-15(4-6-16)30-12-19(24(25,26)27)28-21(30)13-2-7-17-14(10-13)11-31(23(17)34)18-8-9-20(32)29-22(18)33;/h2-7,10,12,18H,8-9,11H2,1H3,(H,29,32,33);1H. The van der Waals surface area contributed by atoms with E-state index in [1.54, 1.807) is 30.3 Å². The Kier molecular flexibility index (Phi) is 6.52. The van der Waals surface area contributed by atoms with Crippen LogP contribution in [0.15, 0.2) is 48.7 Å². The van der Waals surface area contributed by atoms with Crippen LogP contribution in [-0.2, 0) is 22.3 Å². The van der Waals surface area contributed by atoms with Crippen molar-refractivity contribution in [1.29, 1.82) is 0 Å². The number of methoxy groups -OCH3 is 1. The van der Waals surface area contributed by atoms with Crippen molar-refractivity contribution in [3.8, 4) is 22.8 Å². The van der Waals surface area contributed by atoms with E-state index in [4.69, 9.17) is 4.74 Å². The third kappa shape index (κ3) is 4.41. The number of imide groups is 1. The summed E-state index contributed by atoms with van der Waals surface area (Å²) in [6.07, 6.45) is -3.39. The number of ether oxygens (including phenoxy) is 1. The molecule has 0 aliphatic carbocycles. The number of halogens is 4. The molecule has 1 aromatic heterocycles. The van der Waals surface area contributed by atoms with E-state index in [2.05, 4.69) is 10.3 Å². The number of benzene rings is 2. The second-order valence-electron chi connectivity index (χ2n) is 8.29. The van der Waals surface area contributed by atoms with Crippen molar-refractivity contribution >= 4 is 30.1 Å². The fraction of sp³-hybridized carbons (Fsp3) is 0.250. The number of nitrogens with one attached hydrogen (secondary N) is 1. The quantitative estimate of drug-likeness (QED) is 0.529. The van der Waals surface area contributed by atoms with Crippen molar-refractivity contribution < 1.29 is 32.3 Å². The zero-order valence-corrected chi connectivity index (χ0v) is 19.7. The van der Waals surface area contributed by atoms with Crippen LogP contribution in [0.25, 0.3) is 17.1 Å². The number of nitrogens with zero attached hydrogens (tertiary/aromatic N) is 3. The van der Waals surface area contributed by atoms with E-state index >= 15 is 0 Å². The van der Waals surface area contributed by atoms with Gasteiger partial charge in [0.05, 0.1) is 7.11 Å². The largest absolute Gasteiger partial charge is 0.497 e. The maximum Gasteiger partial charge on any atom is 0.434 e. The lowest BCUT2D eigenvalue weighted by molar-refractivity contribution is -0.141. The summed E-state index contributed by atoms with van der Waals surface area (Å²) >= 11 is 0. The van der Waals surface area contributed by atoms with Crippen molar-refractivity contribution in [1.82, 2.24) is 19.8 Å². The first-order valence-corrected chi connectivity index (χ1v) is 10.7. The van der Waals surface area contributed by atoms with E-state index in [-0.39, 0.29) is 49.4 Å². The monoisotopic (exact) mass is 520 g/mol. The minimum atomic E-state index is -4.65. The number of hydrogen-bond donors (Lipinski definition) is 1. The summed E-state index contributed by atoms with van der Waals surface area (Å²) in [5.74, 6) is -0.681. The minimum absolute atomic E-state index is 0. The highest BCUT2D eigenvalue weighted by Crippen LogP contribution is 2.35. The van der Waals surface area contributed by atoms with Crippen LogP contribution < -0.4 is 10.1 Å². The zero-order valence-electron chi connectivity index (χ0n) is 18.8. The summed E-state index contributed by atoms with van der Waals surface area (Å²) < 4.78 is 47.0. The van der Waals surface area contributed by atoms with E-state index in [0.29, 0.717) is 28.1 Å². The van der Waals surface area contributed by atoms with Gasteiger partial charge in [-0.3, -0.25) is 24.3 Å². The maximum atomic E-state index is 13.5. The van der Waals surface area contributed by atoms with Crippen LogP contribution in [0, 0.1) is 0 Å². The van der Waals surface area contributed by atoms with Gasteiger partial charge in [-0.25, -0.2) is 4.98 Å². The van der Waals surface area contributed by atoms with Crippen LogP contribution in [0.1, 0.15) is 34.5 Å². The van der Waals surface area contributed by atoms with Crippen LogP contribution >= 0.6 is 12.4 Å². The van der Waals surface area contributed by atoms with Crippen LogP contribution in [0.5, 0.6) is 5.75 Å². The molecule has 0 spiro atoms. The minimum Gasteiger partial charge on any atom is -0.497 e. The van der Waals surface area contributed by atoms with Crippen molar-refractivity contribution in [3.63, 3.8) is 0 Å². The molecule has 2 aliphatic rings. The second kappa shape index (κ2) is 9.30. The van der Waals surface area contributed by atoms with E-state index in [9.17, 15) is 27.6 Å². The van der Waals surface area contributed by atoms with Gasteiger partial charge in [0, 0.05) is 36.0 Å². The molecule has 12 heteroatoms. The Morgan fingerprint density at radius 3 is 2.44 bits per heavy atom. The number of amides is 3. The molecule has 1 N–H and O–H groups in total. The average molecular weight is 521 g/mol. The molecule has 0 radical (unpaired) electrons. The lowest BCUT2D eigenvalue weighted by Gasteiger charge is -2.29. The number of fused-ring (bicyclic) bond motifs is 1. The van der Waals surface area contributed by atoms with Crippen molar-refractivity contribution in [2.75, 3.05) is 7.11 Å². The summed E-state index contributed by atoms with van der Waals surface area (Å²) in [5, 5.41) is 2.24. The van der Waals surface area contributed by atoms with Crippen LogP contribution in [0.3, 0.4) is 0 Å². The van der Waals surface area contributed by atoms with Gasteiger partial charge < -0.3 is 9.64 Å². The number of aromatic nitrogens is 2. The van der Waals surface area contributed by atoms with Gasteiger partial charge in [0.15, 0.2) is 5.69 Å². The molecule has 1 unspecified atom stereocenters. The highest BCUT2D eigenvalue weighted by Gasteiger charge is 2.39. The van der Waals surface area contributed by atoms with Crippen LogP contribution in [-0.4, -0.2) is 45.3 Å².